The third-order valence-electron chi connectivity index (χ3n) is 4.15. The number of carbonyl (C=O) groups excluding carboxylic acids is 1. The van der Waals surface area contributed by atoms with Crippen molar-refractivity contribution in [3.05, 3.63) is 84.4 Å². The van der Waals surface area contributed by atoms with Crippen LogP contribution < -0.4 is 14.8 Å². The molecule has 0 radical (unpaired) electrons. The first-order valence-electron chi connectivity index (χ1n) is 8.77. The standard InChI is InChI=1S/C22H19NO3S/c24-22(23-17-11-12-19-20(15-17)26-14-13-25-19)21(16-7-3-1-4-8-16)27-18-9-5-2-6-10-18/h1-12,15,21H,13-14H2,(H,23,24)/t21-/m1/s1. The fourth-order valence-electron chi connectivity index (χ4n) is 2.86. The summed E-state index contributed by atoms with van der Waals surface area (Å²) in [5, 5.41) is 2.66. The number of nitrogens with one attached hydrogen (secondary N) is 1. The molecule has 4 rings (SSSR count). The monoisotopic (exact) mass is 377 g/mol. The molecule has 0 aromatic heterocycles. The van der Waals surface area contributed by atoms with Crippen LogP contribution in [0.3, 0.4) is 0 Å². The van der Waals surface area contributed by atoms with E-state index in [1.54, 1.807) is 0 Å². The smallest absolute Gasteiger partial charge is 0.242 e. The quantitative estimate of drug-likeness (QED) is 0.641. The zero-order valence-corrected chi connectivity index (χ0v) is 15.4. The Morgan fingerprint density at radius 2 is 1.52 bits per heavy atom. The first-order chi connectivity index (χ1) is 13.3. The van der Waals surface area contributed by atoms with Gasteiger partial charge in [-0.2, -0.15) is 0 Å². The van der Waals surface area contributed by atoms with Crippen LogP contribution in [-0.4, -0.2) is 19.1 Å². The fraction of sp³-hybridized carbons (Fsp3) is 0.136. The molecule has 27 heavy (non-hydrogen) atoms. The van der Waals surface area contributed by atoms with Gasteiger partial charge in [-0.1, -0.05) is 48.5 Å². The lowest BCUT2D eigenvalue weighted by Gasteiger charge is -2.20. The summed E-state index contributed by atoms with van der Waals surface area (Å²) in [4.78, 5) is 14.1. The Labute approximate surface area is 162 Å². The van der Waals surface area contributed by atoms with Gasteiger partial charge in [0.15, 0.2) is 11.5 Å². The lowest BCUT2D eigenvalue weighted by molar-refractivity contribution is -0.115. The Balaban J connectivity index is 1.57. The minimum absolute atomic E-state index is 0.0771. The maximum absolute atomic E-state index is 13.1. The molecule has 0 saturated carbocycles. The van der Waals surface area contributed by atoms with E-state index in [1.807, 2.05) is 78.9 Å². The van der Waals surface area contributed by atoms with Crippen LogP contribution in [0.25, 0.3) is 0 Å². The Morgan fingerprint density at radius 3 is 2.26 bits per heavy atom. The van der Waals surface area contributed by atoms with Crippen molar-refractivity contribution in [1.82, 2.24) is 0 Å². The molecule has 4 nitrogen and oxygen atoms in total. The second-order valence-corrected chi connectivity index (χ2v) is 7.25. The van der Waals surface area contributed by atoms with Crippen LogP contribution in [0.4, 0.5) is 5.69 Å². The minimum atomic E-state index is -0.359. The lowest BCUT2D eigenvalue weighted by atomic mass is 10.1. The summed E-state index contributed by atoms with van der Waals surface area (Å²) >= 11 is 1.53. The number of ether oxygens (including phenoxy) is 2. The van der Waals surface area contributed by atoms with Gasteiger partial charge >= 0.3 is 0 Å². The number of hydrogen-bond acceptors (Lipinski definition) is 4. The molecule has 0 saturated heterocycles. The average Bonchev–Trinajstić information content (AvgIpc) is 2.73. The largest absolute Gasteiger partial charge is 0.486 e. The zero-order valence-electron chi connectivity index (χ0n) is 14.6. The van der Waals surface area contributed by atoms with Gasteiger partial charge in [0.1, 0.15) is 18.5 Å². The van der Waals surface area contributed by atoms with Gasteiger partial charge in [-0.3, -0.25) is 4.79 Å². The number of anilines is 1. The third-order valence-corrected chi connectivity index (χ3v) is 5.41. The zero-order chi connectivity index (χ0) is 18.5. The molecule has 3 aromatic carbocycles. The highest BCUT2D eigenvalue weighted by Crippen LogP contribution is 2.37. The van der Waals surface area contributed by atoms with Crippen molar-refractivity contribution in [3.8, 4) is 11.5 Å². The van der Waals surface area contributed by atoms with E-state index in [2.05, 4.69) is 5.32 Å². The van der Waals surface area contributed by atoms with E-state index in [0.29, 0.717) is 30.4 Å². The van der Waals surface area contributed by atoms with Gasteiger partial charge < -0.3 is 14.8 Å². The van der Waals surface area contributed by atoms with Gasteiger partial charge in [-0.25, -0.2) is 0 Å². The number of fused-ring (bicyclic) bond motifs is 1. The number of benzene rings is 3. The summed E-state index contributed by atoms with van der Waals surface area (Å²) in [6.45, 7) is 1.06. The van der Waals surface area contributed by atoms with Crippen molar-refractivity contribution in [1.29, 1.82) is 0 Å². The van der Waals surface area contributed by atoms with Crippen LogP contribution in [0.2, 0.25) is 0 Å². The Morgan fingerprint density at radius 1 is 0.852 bits per heavy atom. The van der Waals surface area contributed by atoms with Crippen LogP contribution in [0, 0.1) is 0 Å². The molecule has 0 bridgehead atoms. The van der Waals surface area contributed by atoms with Gasteiger partial charge in [0.05, 0.1) is 0 Å². The normalized spacial score (nSPS) is 13.6. The topological polar surface area (TPSA) is 47.6 Å². The highest BCUT2D eigenvalue weighted by atomic mass is 32.2. The van der Waals surface area contributed by atoms with Crippen LogP contribution in [-0.2, 0) is 4.79 Å². The number of rotatable bonds is 5. The van der Waals surface area contributed by atoms with E-state index in [0.717, 1.165) is 10.5 Å². The summed E-state index contributed by atoms with van der Waals surface area (Å²) in [5.41, 5.74) is 1.65. The van der Waals surface area contributed by atoms with E-state index in [9.17, 15) is 4.79 Å². The molecule has 1 amide bonds. The lowest BCUT2D eigenvalue weighted by Crippen LogP contribution is -2.20. The number of amides is 1. The van der Waals surface area contributed by atoms with E-state index in [4.69, 9.17) is 9.47 Å². The predicted octanol–water partition coefficient (Wildman–Crippen LogP) is 4.93. The number of carbonyl (C=O) groups is 1. The average molecular weight is 377 g/mol. The molecular formula is C22H19NO3S. The predicted molar refractivity (Wildman–Crippen MR) is 108 cm³/mol. The molecule has 0 aliphatic carbocycles. The Bertz CT molecular complexity index is 915. The van der Waals surface area contributed by atoms with Gasteiger partial charge in [-0.05, 0) is 29.8 Å². The highest BCUT2D eigenvalue weighted by molar-refractivity contribution is 8.00. The molecule has 0 unspecified atom stereocenters. The van der Waals surface area contributed by atoms with E-state index < -0.39 is 0 Å². The maximum atomic E-state index is 13.1. The molecular weight excluding hydrogens is 358 g/mol. The molecule has 0 spiro atoms. The summed E-state index contributed by atoms with van der Waals surface area (Å²) in [5.74, 6) is 1.29. The maximum Gasteiger partial charge on any atom is 0.242 e. The summed E-state index contributed by atoms with van der Waals surface area (Å²) in [6, 6.07) is 25.2. The molecule has 0 fully saturated rings. The van der Waals surface area contributed by atoms with Gasteiger partial charge in [0.2, 0.25) is 5.91 Å². The number of thioether (sulfide) groups is 1. The SMILES string of the molecule is O=C(Nc1ccc2c(c1)OCCO2)[C@H](Sc1ccccc1)c1ccccc1. The summed E-state index contributed by atoms with van der Waals surface area (Å²) < 4.78 is 11.1. The van der Waals surface area contributed by atoms with Gasteiger partial charge in [0.25, 0.3) is 0 Å². The van der Waals surface area contributed by atoms with Crippen LogP contribution >= 0.6 is 11.8 Å². The van der Waals surface area contributed by atoms with E-state index >= 15 is 0 Å². The molecule has 3 aromatic rings. The molecule has 1 N–H and O–H groups in total. The Hall–Kier alpha value is -2.92. The van der Waals surface area contributed by atoms with Crippen molar-refractivity contribution in [3.63, 3.8) is 0 Å². The van der Waals surface area contributed by atoms with Crippen molar-refractivity contribution >= 4 is 23.4 Å². The van der Waals surface area contributed by atoms with E-state index in [1.165, 1.54) is 11.8 Å². The fourth-order valence-corrected chi connectivity index (χ4v) is 3.91. The van der Waals surface area contributed by atoms with Gasteiger partial charge in [-0.15, -0.1) is 11.8 Å². The molecule has 136 valence electrons. The van der Waals surface area contributed by atoms with Crippen molar-refractivity contribution < 1.29 is 14.3 Å². The molecule has 1 aliphatic rings. The van der Waals surface area contributed by atoms with E-state index in [-0.39, 0.29) is 11.2 Å². The molecule has 1 heterocycles. The third kappa shape index (κ3) is 4.26. The molecule has 1 aliphatic heterocycles. The van der Waals surface area contributed by atoms with Crippen LogP contribution in [0.1, 0.15) is 10.8 Å². The molecule has 1 atom stereocenters. The second kappa shape index (κ2) is 8.18. The Kier molecular flexibility index (Phi) is 5.30. The van der Waals surface area contributed by atoms with Crippen molar-refractivity contribution in [2.24, 2.45) is 0 Å². The van der Waals surface area contributed by atoms with Crippen LogP contribution in [0.15, 0.2) is 83.8 Å². The number of hydrogen-bond donors (Lipinski definition) is 1. The first kappa shape index (κ1) is 17.5. The molecule has 5 heteroatoms. The van der Waals surface area contributed by atoms with Gasteiger partial charge in [0, 0.05) is 16.6 Å². The van der Waals surface area contributed by atoms with Crippen LogP contribution in [0.5, 0.6) is 11.5 Å². The highest BCUT2D eigenvalue weighted by Gasteiger charge is 2.23. The first-order valence-corrected chi connectivity index (χ1v) is 9.65. The summed E-state index contributed by atoms with van der Waals surface area (Å²) in [6.07, 6.45) is 0. The van der Waals surface area contributed by atoms with Crippen molar-refractivity contribution in [2.45, 2.75) is 10.1 Å². The second-order valence-electron chi connectivity index (χ2n) is 6.07. The minimum Gasteiger partial charge on any atom is -0.486 e. The summed E-state index contributed by atoms with van der Waals surface area (Å²) in [7, 11) is 0. The van der Waals surface area contributed by atoms with Crippen molar-refractivity contribution in [2.75, 3.05) is 18.5 Å².